The van der Waals surface area contributed by atoms with E-state index >= 15 is 0 Å². The molecule has 4 rings (SSSR count). The molecule has 7 heteroatoms. The molecular formula is C19H13BrClN3O2. The van der Waals surface area contributed by atoms with E-state index in [0.717, 1.165) is 22.6 Å². The van der Waals surface area contributed by atoms with Crippen molar-refractivity contribution in [2.45, 2.75) is 13.8 Å². The van der Waals surface area contributed by atoms with Gasteiger partial charge >= 0.3 is 0 Å². The van der Waals surface area contributed by atoms with E-state index in [1.165, 1.54) is 6.07 Å². The fraction of sp³-hybridized carbons (Fsp3) is 0.105. The normalized spacial score (nSPS) is 11.2. The lowest BCUT2D eigenvalue weighted by atomic mass is 10.0. The van der Waals surface area contributed by atoms with Crippen molar-refractivity contribution >= 4 is 38.6 Å². The average Bonchev–Trinajstić information content (AvgIpc) is 2.99. The van der Waals surface area contributed by atoms with Gasteiger partial charge in [-0.05, 0) is 65.7 Å². The van der Waals surface area contributed by atoms with Crippen LogP contribution < -0.4 is 5.43 Å². The molecule has 0 atom stereocenters. The van der Waals surface area contributed by atoms with Gasteiger partial charge in [-0.1, -0.05) is 11.6 Å². The highest BCUT2D eigenvalue weighted by atomic mass is 79.9. The molecule has 0 aliphatic carbocycles. The molecule has 26 heavy (non-hydrogen) atoms. The van der Waals surface area contributed by atoms with E-state index < -0.39 is 0 Å². The lowest BCUT2D eigenvalue weighted by Gasteiger charge is -2.10. The van der Waals surface area contributed by atoms with Gasteiger partial charge in [0.05, 0.1) is 9.99 Å². The van der Waals surface area contributed by atoms with Crippen molar-refractivity contribution in [1.29, 1.82) is 0 Å². The second kappa shape index (κ2) is 6.37. The highest BCUT2D eigenvalue weighted by Crippen LogP contribution is 2.34. The maximum absolute atomic E-state index is 12.4. The molecule has 1 N–H and O–H groups in total. The zero-order chi connectivity index (χ0) is 18.4. The topological polar surface area (TPSA) is 71.8 Å². The Balaban J connectivity index is 2.10. The van der Waals surface area contributed by atoms with Crippen LogP contribution in [0, 0.1) is 13.8 Å². The zero-order valence-electron chi connectivity index (χ0n) is 13.9. The second-order valence-electron chi connectivity index (χ2n) is 5.99. The van der Waals surface area contributed by atoms with Crippen LogP contribution in [0.3, 0.4) is 0 Å². The van der Waals surface area contributed by atoms with Gasteiger partial charge in [-0.3, -0.25) is 4.79 Å². The third-order valence-electron chi connectivity index (χ3n) is 3.99. The summed E-state index contributed by atoms with van der Waals surface area (Å²) in [5.41, 5.74) is 3.34. The molecule has 0 saturated carbocycles. The summed E-state index contributed by atoms with van der Waals surface area (Å²) in [6, 6.07) is 10.7. The summed E-state index contributed by atoms with van der Waals surface area (Å²) in [5.74, 6) is 1.39. The Morgan fingerprint density at radius 3 is 2.62 bits per heavy atom. The van der Waals surface area contributed by atoms with Gasteiger partial charge in [0.2, 0.25) is 0 Å². The number of nitrogens with one attached hydrogen (secondary N) is 1. The number of hydrogen-bond donors (Lipinski definition) is 1. The molecule has 0 fully saturated rings. The largest absolute Gasteiger partial charge is 0.460 e. The van der Waals surface area contributed by atoms with Crippen LogP contribution in [0.5, 0.6) is 0 Å². The maximum atomic E-state index is 12.4. The first-order valence-corrected chi connectivity index (χ1v) is 9.03. The summed E-state index contributed by atoms with van der Waals surface area (Å²) >= 11 is 9.45. The van der Waals surface area contributed by atoms with E-state index in [9.17, 15) is 4.79 Å². The Hall–Kier alpha value is -2.44. The molecule has 0 bridgehead atoms. The summed E-state index contributed by atoms with van der Waals surface area (Å²) < 4.78 is 6.36. The maximum Gasteiger partial charge on any atom is 0.192 e. The Labute approximate surface area is 162 Å². The number of rotatable bonds is 2. The van der Waals surface area contributed by atoms with Gasteiger partial charge in [-0.15, -0.1) is 0 Å². The second-order valence-corrected chi connectivity index (χ2v) is 7.23. The van der Waals surface area contributed by atoms with Gasteiger partial charge in [-0.25, -0.2) is 9.97 Å². The highest BCUT2D eigenvalue weighted by molar-refractivity contribution is 9.10. The van der Waals surface area contributed by atoms with E-state index in [4.69, 9.17) is 16.0 Å². The zero-order valence-corrected chi connectivity index (χ0v) is 16.3. The molecule has 0 aliphatic rings. The van der Waals surface area contributed by atoms with Crippen LogP contribution >= 0.6 is 27.5 Å². The van der Waals surface area contributed by atoms with Crippen molar-refractivity contribution in [1.82, 2.24) is 15.0 Å². The number of pyridine rings is 3. The van der Waals surface area contributed by atoms with Crippen LogP contribution in [0.1, 0.15) is 11.5 Å². The van der Waals surface area contributed by atoms with Crippen molar-refractivity contribution in [3.05, 3.63) is 67.8 Å². The summed E-state index contributed by atoms with van der Waals surface area (Å²) in [6.07, 6.45) is 0. The number of aromatic nitrogens is 3. The van der Waals surface area contributed by atoms with Crippen LogP contribution in [0.25, 0.3) is 33.6 Å². The van der Waals surface area contributed by atoms with E-state index in [1.54, 1.807) is 6.07 Å². The Morgan fingerprint density at radius 1 is 1.12 bits per heavy atom. The van der Waals surface area contributed by atoms with Crippen molar-refractivity contribution in [2.75, 3.05) is 0 Å². The fourth-order valence-electron chi connectivity index (χ4n) is 2.89. The predicted molar refractivity (Wildman–Crippen MR) is 105 cm³/mol. The SMILES string of the molecule is Cc1cc(-c2cc3c(=O)cc(Br)[nH]c3nc2-c2ccc(C)o2)cc(Cl)n1. The lowest BCUT2D eigenvalue weighted by molar-refractivity contribution is 0.547. The Bertz CT molecular complexity index is 1190. The molecule has 5 nitrogen and oxygen atoms in total. The van der Waals surface area contributed by atoms with Crippen molar-refractivity contribution in [3.63, 3.8) is 0 Å². The molecule has 0 unspecified atom stereocenters. The van der Waals surface area contributed by atoms with Gasteiger partial charge in [0.1, 0.15) is 22.3 Å². The number of furan rings is 1. The number of aryl methyl sites for hydroxylation is 2. The number of nitrogens with zero attached hydrogens (tertiary/aromatic N) is 2. The number of halogens is 2. The average molecular weight is 431 g/mol. The monoisotopic (exact) mass is 429 g/mol. The number of fused-ring (bicyclic) bond motifs is 1. The predicted octanol–water partition coefficient (Wildman–Crippen LogP) is 5.28. The smallest absolute Gasteiger partial charge is 0.192 e. The lowest BCUT2D eigenvalue weighted by Crippen LogP contribution is -2.04. The summed E-state index contributed by atoms with van der Waals surface area (Å²) in [7, 11) is 0. The van der Waals surface area contributed by atoms with E-state index in [-0.39, 0.29) is 5.43 Å². The summed E-state index contributed by atoms with van der Waals surface area (Å²) in [5, 5.41) is 0.868. The summed E-state index contributed by atoms with van der Waals surface area (Å²) in [4.78, 5) is 24.4. The minimum Gasteiger partial charge on any atom is -0.460 e. The fourth-order valence-corrected chi connectivity index (χ4v) is 3.54. The van der Waals surface area contributed by atoms with Gasteiger partial charge < -0.3 is 9.40 Å². The van der Waals surface area contributed by atoms with Gasteiger partial charge in [-0.2, -0.15) is 0 Å². The van der Waals surface area contributed by atoms with Gasteiger partial charge in [0, 0.05) is 17.3 Å². The molecule has 4 aromatic heterocycles. The first kappa shape index (κ1) is 17.0. The molecule has 4 aromatic rings. The third kappa shape index (κ3) is 3.06. The minimum absolute atomic E-state index is 0.126. The van der Waals surface area contributed by atoms with Crippen molar-refractivity contribution in [3.8, 4) is 22.6 Å². The molecule has 130 valence electrons. The Morgan fingerprint density at radius 2 is 1.92 bits per heavy atom. The highest BCUT2D eigenvalue weighted by Gasteiger charge is 2.17. The van der Waals surface area contributed by atoms with Gasteiger partial charge in [0.25, 0.3) is 0 Å². The molecule has 0 saturated heterocycles. The van der Waals surface area contributed by atoms with Crippen LogP contribution in [-0.2, 0) is 0 Å². The van der Waals surface area contributed by atoms with Crippen LogP contribution in [0.15, 0.2) is 50.2 Å². The van der Waals surface area contributed by atoms with Crippen LogP contribution in [0.4, 0.5) is 0 Å². The van der Waals surface area contributed by atoms with Gasteiger partial charge in [0.15, 0.2) is 11.2 Å². The molecule has 0 spiro atoms. The quantitative estimate of drug-likeness (QED) is 0.439. The molecule has 0 aliphatic heterocycles. The van der Waals surface area contributed by atoms with Crippen LogP contribution in [-0.4, -0.2) is 15.0 Å². The molecule has 4 heterocycles. The third-order valence-corrected chi connectivity index (χ3v) is 4.61. The Kier molecular flexibility index (Phi) is 4.17. The number of H-pyrrole nitrogens is 1. The van der Waals surface area contributed by atoms with Crippen molar-refractivity contribution < 1.29 is 4.42 Å². The first-order chi connectivity index (χ1) is 12.4. The van der Waals surface area contributed by atoms with E-state index in [2.05, 4.69) is 30.9 Å². The van der Waals surface area contributed by atoms with E-state index in [1.807, 2.05) is 38.1 Å². The standard InChI is InChI=1S/C19H13BrClN3O2/c1-9-5-11(6-17(21)22-9)12-7-13-14(25)8-16(20)23-19(13)24-18(12)15-4-3-10(2)26-15/h3-8H,1-2H3,(H,23,24,25). The molecule has 0 aromatic carbocycles. The first-order valence-electron chi connectivity index (χ1n) is 7.85. The number of hydrogen-bond acceptors (Lipinski definition) is 4. The molecule has 0 radical (unpaired) electrons. The van der Waals surface area contributed by atoms with E-state index in [0.29, 0.717) is 32.2 Å². The number of aromatic amines is 1. The van der Waals surface area contributed by atoms with Crippen molar-refractivity contribution in [2.24, 2.45) is 0 Å². The van der Waals surface area contributed by atoms with Crippen LogP contribution in [0.2, 0.25) is 5.15 Å². The summed E-state index contributed by atoms with van der Waals surface area (Å²) in [6.45, 7) is 3.74. The molecular weight excluding hydrogens is 418 g/mol. The minimum atomic E-state index is -0.126. The molecule has 0 amide bonds.